The second-order valence-electron chi connectivity index (χ2n) is 10.3. The van der Waals surface area contributed by atoms with Crippen LogP contribution in [0.25, 0.3) is 44.0 Å². The Bertz CT molecular complexity index is 2110. The minimum atomic E-state index is -1.04. The molecule has 2 aromatic carbocycles. The lowest BCUT2D eigenvalue weighted by Gasteiger charge is -2.19. The Labute approximate surface area is 217 Å². The van der Waals surface area contributed by atoms with Crippen LogP contribution in [0.5, 0.6) is 0 Å². The van der Waals surface area contributed by atoms with Crippen LogP contribution in [0.2, 0.25) is 0 Å². The molecule has 0 aliphatic carbocycles. The SMILES string of the molecule is Cc1cc2c3c4cccnc4oc(=O)c3n(Cc3cc4c(cc3F)oc(=O)n4C(=O)OC(C)(C)C)c2cc1F. The average Bonchev–Trinajstić information content (AvgIpc) is 3.32. The van der Waals surface area contributed by atoms with E-state index >= 15 is 4.39 Å². The summed E-state index contributed by atoms with van der Waals surface area (Å²) in [5, 5.41) is 1.58. The van der Waals surface area contributed by atoms with Gasteiger partial charge in [0.2, 0.25) is 5.71 Å². The maximum atomic E-state index is 15.3. The fraction of sp³-hybridized carbons (Fsp3) is 0.214. The quantitative estimate of drug-likeness (QED) is 0.284. The molecule has 0 amide bonds. The molecule has 0 aliphatic rings. The number of hydrogen-bond acceptors (Lipinski definition) is 7. The lowest BCUT2D eigenvalue weighted by molar-refractivity contribution is 0.0532. The van der Waals surface area contributed by atoms with Crippen LogP contribution in [-0.2, 0) is 11.3 Å². The predicted octanol–water partition coefficient (Wildman–Crippen LogP) is 5.62. The van der Waals surface area contributed by atoms with Crippen molar-refractivity contribution in [2.24, 2.45) is 0 Å². The molecule has 4 aromatic heterocycles. The highest BCUT2D eigenvalue weighted by Gasteiger charge is 2.25. The Morgan fingerprint density at radius 1 is 1.03 bits per heavy atom. The molecule has 6 rings (SSSR count). The molecule has 0 bridgehead atoms. The number of aromatic nitrogens is 3. The molecular weight excluding hydrogens is 512 g/mol. The van der Waals surface area contributed by atoms with Gasteiger partial charge in [-0.2, -0.15) is 4.57 Å². The van der Waals surface area contributed by atoms with Gasteiger partial charge in [0.1, 0.15) is 28.3 Å². The number of hydrogen-bond donors (Lipinski definition) is 0. The van der Waals surface area contributed by atoms with Gasteiger partial charge in [-0.05, 0) is 63.6 Å². The zero-order chi connectivity index (χ0) is 27.8. The van der Waals surface area contributed by atoms with E-state index < -0.39 is 34.7 Å². The number of fused-ring (bicyclic) bond motifs is 6. The summed E-state index contributed by atoms with van der Waals surface area (Å²) in [5.74, 6) is -2.31. The Kier molecular flexibility index (Phi) is 5.25. The molecule has 6 aromatic rings. The van der Waals surface area contributed by atoms with E-state index in [2.05, 4.69) is 4.98 Å². The largest absolute Gasteiger partial charge is 0.443 e. The molecule has 0 saturated heterocycles. The first-order valence-electron chi connectivity index (χ1n) is 12.0. The molecule has 0 N–H and O–H groups in total. The van der Waals surface area contributed by atoms with Crippen LogP contribution in [-0.4, -0.2) is 25.8 Å². The van der Waals surface area contributed by atoms with Gasteiger partial charge in [0.25, 0.3) is 0 Å². The van der Waals surface area contributed by atoms with E-state index in [0.717, 1.165) is 6.07 Å². The van der Waals surface area contributed by atoms with Gasteiger partial charge in [-0.3, -0.25) is 0 Å². The predicted molar refractivity (Wildman–Crippen MR) is 139 cm³/mol. The molecule has 198 valence electrons. The van der Waals surface area contributed by atoms with Crippen molar-refractivity contribution in [1.29, 1.82) is 0 Å². The minimum Gasteiger partial charge on any atom is -0.443 e. The van der Waals surface area contributed by atoms with E-state index in [4.69, 9.17) is 13.6 Å². The van der Waals surface area contributed by atoms with Crippen LogP contribution in [0.1, 0.15) is 31.9 Å². The molecular formula is C28H21F2N3O6. The van der Waals surface area contributed by atoms with Crippen molar-refractivity contribution in [2.45, 2.75) is 39.8 Å². The van der Waals surface area contributed by atoms with Gasteiger partial charge >= 0.3 is 17.5 Å². The summed E-state index contributed by atoms with van der Waals surface area (Å²) < 4.78 is 48.1. The van der Waals surface area contributed by atoms with E-state index in [-0.39, 0.29) is 34.4 Å². The second kappa shape index (κ2) is 8.35. The zero-order valence-corrected chi connectivity index (χ0v) is 21.3. The number of benzene rings is 2. The second-order valence-corrected chi connectivity index (χ2v) is 10.3. The van der Waals surface area contributed by atoms with Gasteiger partial charge in [0.15, 0.2) is 5.58 Å². The van der Waals surface area contributed by atoms with Gasteiger partial charge < -0.3 is 18.1 Å². The van der Waals surface area contributed by atoms with Crippen LogP contribution >= 0.6 is 0 Å². The monoisotopic (exact) mass is 533 g/mol. The number of halogens is 2. The molecule has 9 nitrogen and oxygen atoms in total. The summed E-state index contributed by atoms with van der Waals surface area (Å²) in [6.07, 6.45) is 0.499. The fourth-order valence-electron chi connectivity index (χ4n) is 4.78. The smallest absolute Gasteiger partial charge is 0.429 e. The normalized spacial score (nSPS) is 12.3. The van der Waals surface area contributed by atoms with Crippen LogP contribution < -0.4 is 11.4 Å². The Hall–Kier alpha value is -4.80. The highest BCUT2D eigenvalue weighted by atomic mass is 19.1. The van der Waals surface area contributed by atoms with Gasteiger partial charge in [-0.15, -0.1) is 0 Å². The van der Waals surface area contributed by atoms with Crippen LogP contribution in [0.4, 0.5) is 13.6 Å². The number of pyridine rings is 1. The first-order valence-corrected chi connectivity index (χ1v) is 12.0. The van der Waals surface area contributed by atoms with E-state index in [1.54, 1.807) is 45.9 Å². The number of carbonyl (C=O) groups is 1. The molecule has 0 spiro atoms. The molecule has 0 fully saturated rings. The summed E-state index contributed by atoms with van der Waals surface area (Å²) in [4.78, 5) is 42.5. The number of aryl methyl sites for hydroxylation is 1. The van der Waals surface area contributed by atoms with E-state index in [1.807, 2.05) is 0 Å². The molecule has 0 saturated carbocycles. The maximum Gasteiger partial charge on any atom is 0.429 e. The van der Waals surface area contributed by atoms with Crippen molar-refractivity contribution >= 4 is 50.1 Å². The molecule has 0 radical (unpaired) electrons. The first kappa shape index (κ1) is 24.5. The minimum absolute atomic E-state index is 0.00563. The summed E-state index contributed by atoms with van der Waals surface area (Å²) in [6, 6.07) is 8.55. The van der Waals surface area contributed by atoms with Gasteiger partial charge in [-0.1, -0.05) is 0 Å². The molecule has 11 heteroatoms. The lowest BCUT2D eigenvalue weighted by Crippen LogP contribution is -2.31. The number of oxazole rings is 1. The van der Waals surface area contributed by atoms with E-state index in [9.17, 15) is 18.8 Å². The Balaban J connectivity index is 1.62. The molecule has 4 heterocycles. The number of carbonyl (C=O) groups excluding carboxylic acids is 1. The summed E-state index contributed by atoms with van der Waals surface area (Å²) in [5.41, 5.74) is -0.920. The van der Waals surface area contributed by atoms with Crippen molar-refractivity contribution in [2.75, 3.05) is 0 Å². The maximum absolute atomic E-state index is 15.3. The van der Waals surface area contributed by atoms with Gasteiger partial charge in [0.05, 0.1) is 12.1 Å². The summed E-state index contributed by atoms with van der Waals surface area (Å²) in [6.45, 7) is 6.26. The standard InChI is InChI=1S/C28H21F2N3O6/c1-13-8-16-19(10-17(13)29)32(23-22(16)15-6-5-7-31-24(15)38-25(23)34)12-14-9-20-21(11-18(14)30)37-26(35)33(20)27(36)39-28(2,3)4/h5-11H,12H2,1-4H3. The molecule has 0 atom stereocenters. The number of nitrogens with zero attached hydrogens (tertiary/aromatic N) is 3. The Morgan fingerprint density at radius 2 is 1.79 bits per heavy atom. The van der Waals surface area contributed by atoms with Crippen LogP contribution in [0.15, 0.2) is 61.0 Å². The topological polar surface area (TPSA) is 109 Å². The van der Waals surface area contributed by atoms with Crippen molar-refractivity contribution in [3.63, 3.8) is 0 Å². The Morgan fingerprint density at radius 3 is 2.54 bits per heavy atom. The first-order chi connectivity index (χ1) is 18.4. The third-order valence-corrected chi connectivity index (χ3v) is 6.42. The third kappa shape index (κ3) is 3.89. The molecule has 39 heavy (non-hydrogen) atoms. The van der Waals surface area contributed by atoms with Crippen molar-refractivity contribution in [3.8, 4) is 0 Å². The summed E-state index contributed by atoms with van der Waals surface area (Å²) in [7, 11) is 0. The van der Waals surface area contributed by atoms with Crippen LogP contribution in [0.3, 0.4) is 0 Å². The van der Waals surface area contributed by atoms with Crippen LogP contribution in [0, 0.1) is 18.6 Å². The number of ether oxygens (including phenoxy) is 1. The third-order valence-electron chi connectivity index (χ3n) is 6.42. The highest BCUT2D eigenvalue weighted by molar-refractivity contribution is 6.18. The van der Waals surface area contributed by atoms with E-state index in [1.165, 1.54) is 22.9 Å². The summed E-state index contributed by atoms with van der Waals surface area (Å²) >= 11 is 0. The molecule has 0 unspecified atom stereocenters. The zero-order valence-electron chi connectivity index (χ0n) is 21.3. The molecule has 0 aliphatic heterocycles. The van der Waals surface area contributed by atoms with Crippen molar-refractivity contribution in [3.05, 3.63) is 86.3 Å². The average molecular weight is 533 g/mol. The van der Waals surface area contributed by atoms with Gasteiger partial charge in [-0.25, -0.2) is 28.1 Å². The highest BCUT2D eigenvalue weighted by Crippen LogP contribution is 2.35. The lowest BCUT2D eigenvalue weighted by atomic mass is 10.1. The van der Waals surface area contributed by atoms with Crippen molar-refractivity contribution in [1.82, 2.24) is 14.1 Å². The fourth-order valence-corrected chi connectivity index (χ4v) is 4.78. The van der Waals surface area contributed by atoms with Gasteiger partial charge in [0, 0.05) is 34.0 Å². The number of rotatable bonds is 2. The van der Waals surface area contributed by atoms with E-state index in [0.29, 0.717) is 31.8 Å². The van der Waals surface area contributed by atoms with Crippen molar-refractivity contribution < 1.29 is 27.1 Å².